The zero-order valence-corrected chi connectivity index (χ0v) is 16.2. The molecule has 3 rings (SSSR count). The third-order valence-corrected chi connectivity index (χ3v) is 5.73. The predicted octanol–water partition coefficient (Wildman–Crippen LogP) is 5.03. The number of hydrogen-bond acceptors (Lipinski definition) is 4. The molecular weight excluding hydrogens is 395 g/mol. The van der Waals surface area contributed by atoms with Crippen molar-refractivity contribution in [2.45, 2.75) is 19.8 Å². The normalized spacial score (nSPS) is 19.3. The van der Waals surface area contributed by atoms with Crippen LogP contribution in [0, 0.1) is 18.8 Å². The van der Waals surface area contributed by atoms with E-state index in [9.17, 15) is 14.7 Å². The number of carbonyl (C=O) groups excluding carboxylic acids is 1. The van der Waals surface area contributed by atoms with Gasteiger partial charge in [0.05, 0.1) is 22.6 Å². The maximum atomic E-state index is 12.6. The Kier molecular flexibility index (Phi) is 5.65. The highest BCUT2D eigenvalue weighted by atomic mass is 35.5. The minimum Gasteiger partial charge on any atom is -0.481 e. The van der Waals surface area contributed by atoms with Crippen LogP contribution >= 0.6 is 34.5 Å². The van der Waals surface area contributed by atoms with Crippen molar-refractivity contribution in [3.63, 3.8) is 0 Å². The number of carbonyl (C=O) groups is 2. The molecule has 1 amide bonds. The highest BCUT2D eigenvalue weighted by molar-refractivity contribution is 7.16. The molecular formula is C18H16Cl2N2O3S. The van der Waals surface area contributed by atoms with E-state index < -0.39 is 17.8 Å². The number of aryl methyl sites for hydroxylation is 1. The monoisotopic (exact) mass is 410 g/mol. The number of aromatic nitrogens is 1. The number of nitrogens with zero attached hydrogens (tertiary/aromatic N) is 1. The fraction of sp³-hybridized carbons (Fsp3) is 0.278. The molecule has 0 bridgehead atoms. The lowest BCUT2D eigenvalue weighted by Gasteiger charge is -2.23. The summed E-state index contributed by atoms with van der Waals surface area (Å²) in [5, 5.41) is 13.5. The quantitative estimate of drug-likeness (QED) is 0.692. The Hall–Kier alpha value is -1.89. The second-order valence-electron chi connectivity index (χ2n) is 6.03. The van der Waals surface area contributed by atoms with E-state index >= 15 is 0 Å². The Morgan fingerprint density at radius 3 is 2.58 bits per heavy atom. The van der Waals surface area contributed by atoms with Crippen LogP contribution in [-0.2, 0) is 9.59 Å². The van der Waals surface area contributed by atoms with Crippen LogP contribution in [0.2, 0.25) is 10.0 Å². The van der Waals surface area contributed by atoms with Crippen LogP contribution in [-0.4, -0.2) is 22.0 Å². The van der Waals surface area contributed by atoms with E-state index in [1.807, 2.05) is 13.0 Å². The molecule has 26 heavy (non-hydrogen) atoms. The van der Waals surface area contributed by atoms with E-state index in [2.05, 4.69) is 10.3 Å². The van der Waals surface area contributed by atoms with Gasteiger partial charge in [-0.15, -0.1) is 11.3 Å². The third-order valence-electron chi connectivity index (χ3n) is 4.30. The summed E-state index contributed by atoms with van der Waals surface area (Å²) < 4.78 is 0. The molecule has 136 valence electrons. The van der Waals surface area contributed by atoms with E-state index in [0.29, 0.717) is 33.7 Å². The zero-order valence-electron chi connectivity index (χ0n) is 13.8. The number of thiazole rings is 1. The first-order chi connectivity index (χ1) is 12.4. The molecule has 2 aromatic rings. The summed E-state index contributed by atoms with van der Waals surface area (Å²) in [6, 6.07) is 5.15. The van der Waals surface area contributed by atoms with Crippen molar-refractivity contribution < 1.29 is 14.7 Å². The summed E-state index contributed by atoms with van der Waals surface area (Å²) in [5.74, 6) is -2.61. The lowest BCUT2D eigenvalue weighted by Crippen LogP contribution is -2.34. The number of benzene rings is 1. The SMILES string of the molecule is Cc1sc(NC(=O)[C@@H]2CC=CC[C@H]2C(=O)O)nc1-c1ccc(Cl)cc1Cl. The molecule has 2 N–H and O–H groups in total. The summed E-state index contributed by atoms with van der Waals surface area (Å²) in [5.41, 5.74) is 1.40. The minimum atomic E-state index is -0.960. The Morgan fingerprint density at radius 1 is 1.23 bits per heavy atom. The molecule has 5 nitrogen and oxygen atoms in total. The van der Waals surface area contributed by atoms with Crippen LogP contribution in [0.25, 0.3) is 11.3 Å². The van der Waals surface area contributed by atoms with Crippen molar-refractivity contribution in [3.05, 3.63) is 45.3 Å². The van der Waals surface area contributed by atoms with Crippen LogP contribution < -0.4 is 5.32 Å². The standard InChI is InChI=1S/C18H16Cl2N2O3S/c1-9-15(13-7-6-10(19)8-14(13)20)21-18(26-9)22-16(23)11-4-2-3-5-12(11)17(24)25/h2-3,6-8,11-12H,4-5H2,1H3,(H,24,25)(H,21,22,23)/t11-,12-/m1/s1. The molecule has 1 aromatic carbocycles. The molecule has 0 spiro atoms. The Balaban J connectivity index is 1.82. The Bertz CT molecular complexity index is 895. The van der Waals surface area contributed by atoms with Crippen molar-refractivity contribution in [1.29, 1.82) is 0 Å². The molecule has 0 radical (unpaired) electrons. The van der Waals surface area contributed by atoms with E-state index in [4.69, 9.17) is 23.2 Å². The molecule has 0 aliphatic heterocycles. The molecule has 1 aromatic heterocycles. The average molecular weight is 411 g/mol. The number of allylic oxidation sites excluding steroid dienone is 2. The van der Waals surface area contributed by atoms with Gasteiger partial charge in [0.15, 0.2) is 5.13 Å². The second-order valence-corrected chi connectivity index (χ2v) is 8.08. The number of halogens is 2. The van der Waals surface area contributed by atoms with Crippen LogP contribution in [0.1, 0.15) is 17.7 Å². The van der Waals surface area contributed by atoms with Crippen molar-refractivity contribution in [3.8, 4) is 11.3 Å². The number of aliphatic carboxylic acids is 1. The summed E-state index contributed by atoms with van der Waals surface area (Å²) in [6.07, 6.45) is 4.41. The van der Waals surface area contributed by atoms with E-state index in [1.54, 1.807) is 24.3 Å². The van der Waals surface area contributed by atoms with Gasteiger partial charge in [-0.05, 0) is 38.0 Å². The molecule has 1 aliphatic rings. The second kappa shape index (κ2) is 7.78. The topological polar surface area (TPSA) is 79.3 Å². The van der Waals surface area contributed by atoms with Crippen LogP contribution in [0.5, 0.6) is 0 Å². The van der Waals surface area contributed by atoms with Gasteiger partial charge in [-0.2, -0.15) is 0 Å². The molecule has 0 saturated carbocycles. The number of carboxylic acid groups (broad SMARTS) is 1. The fourth-order valence-electron chi connectivity index (χ4n) is 2.96. The summed E-state index contributed by atoms with van der Waals surface area (Å²) in [4.78, 5) is 29.3. The van der Waals surface area contributed by atoms with Crippen molar-refractivity contribution in [2.24, 2.45) is 11.8 Å². The van der Waals surface area contributed by atoms with Crippen LogP contribution in [0.3, 0.4) is 0 Å². The first-order valence-corrected chi connectivity index (χ1v) is 9.55. The average Bonchev–Trinajstić information content (AvgIpc) is 2.94. The van der Waals surface area contributed by atoms with Crippen molar-refractivity contribution in [2.75, 3.05) is 5.32 Å². The van der Waals surface area contributed by atoms with Gasteiger partial charge >= 0.3 is 5.97 Å². The highest BCUT2D eigenvalue weighted by Crippen LogP contribution is 2.36. The van der Waals surface area contributed by atoms with E-state index in [1.165, 1.54) is 11.3 Å². The van der Waals surface area contributed by atoms with Crippen LogP contribution in [0.4, 0.5) is 5.13 Å². The fourth-order valence-corrected chi connectivity index (χ4v) is 4.29. The molecule has 2 atom stereocenters. The number of anilines is 1. The molecule has 8 heteroatoms. The van der Waals surface area contributed by atoms with Gasteiger partial charge in [0.2, 0.25) is 5.91 Å². The van der Waals surface area contributed by atoms with E-state index in [0.717, 1.165) is 10.4 Å². The van der Waals surface area contributed by atoms with Gasteiger partial charge in [-0.3, -0.25) is 9.59 Å². The lowest BCUT2D eigenvalue weighted by atomic mass is 9.82. The molecule has 0 saturated heterocycles. The number of hydrogen-bond donors (Lipinski definition) is 2. The Labute approximate surface area is 164 Å². The van der Waals surface area contributed by atoms with Gasteiger partial charge in [-0.1, -0.05) is 35.4 Å². The minimum absolute atomic E-state index is 0.329. The van der Waals surface area contributed by atoms with Crippen LogP contribution in [0.15, 0.2) is 30.4 Å². The largest absolute Gasteiger partial charge is 0.481 e. The predicted molar refractivity (Wildman–Crippen MR) is 104 cm³/mol. The maximum Gasteiger partial charge on any atom is 0.307 e. The summed E-state index contributed by atoms with van der Waals surface area (Å²) >= 11 is 13.5. The lowest BCUT2D eigenvalue weighted by molar-refractivity contribution is -0.146. The smallest absolute Gasteiger partial charge is 0.307 e. The van der Waals surface area contributed by atoms with Gasteiger partial charge in [-0.25, -0.2) is 4.98 Å². The third kappa shape index (κ3) is 3.92. The maximum absolute atomic E-state index is 12.6. The van der Waals surface area contributed by atoms with Crippen molar-refractivity contribution >= 4 is 51.5 Å². The zero-order chi connectivity index (χ0) is 18.8. The summed E-state index contributed by atoms with van der Waals surface area (Å²) in [7, 11) is 0. The van der Waals surface area contributed by atoms with E-state index in [-0.39, 0.29) is 5.91 Å². The van der Waals surface area contributed by atoms with Gasteiger partial charge in [0, 0.05) is 15.5 Å². The van der Waals surface area contributed by atoms with Gasteiger partial charge < -0.3 is 10.4 Å². The molecule has 1 heterocycles. The van der Waals surface area contributed by atoms with Gasteiger partial charge in [0.25, 0.3) is 0 Å². The number of carboxylic acids is 1. The summed E-state index contributed by atoms with van der Waals surface area (Å²) in [6.45, 7) is 1.89. The Morgan fingerprint density at radius 2 is 1.92 bits per heavy atom. The number of amides is 1. The molecule has 0 fully saturated rings. The first kappa shape index (κ1) is 18.9. The first-order valence-electron chi connectivity index (χ1n) is 7.98. The number of rotatable bonds is 4. The van der Waals surface area contributed by atoms with Crippen molar-refractivity contribution in [1.82, 2.24) is 4.98 Å². The highest BCUT2D eigenvalue weighted by Gasteiger charge is 2.34. The molecule has 0 unspecified atom stereocenters. The molecule has 1 aliphatic carbocycles. The number of nitrogens with one attached hydrogen (secondary N) is 1. The van der Waals surface area contributed by atoms with Gasteiger partial charge in [0.1, 0.15) is 0 Å².